The van der Waals surface area contributed by atoms with Crippen LogP contribution in [0.3, 0.4) is 0 Å². The number of aliphatic hydroxyl groups excluding tert-OH is 1. The van der Waals surface area contributed by atoms with Gasteiger partial charge in [0.2, 0.25) is 0 Å². The van der Waals surface area contributed by atoms with Crippen LogP contribution in [0.15, 0.2) is 0 Å². The molecule has 1 heteroatoms. The van der Waals surface area contributed by atoms with Crippen molar-refractivity contribution in [2.45, 2.75) is 79.2 Å². The van der Waals surface area contributed by atoms with Gasteiger partial charge in [-0.3, -0.25) is 0 Å². The highest BCUT2D eigenvalue weighted by Crippen LogP contribution is 2.75. The van der Waals surface area contributed by atoms with Crippen LogP contribution in [0.25, 0.3) is 0 Å². The van der Waals surface area contributed by atoms with E-state index in [2.05, 4.69) is 34.6 Å². The zero-order valence-corrected chi connectivity index (χ0v) is 14.7. The molecule has 0 bridgehead atoms. The smallest absolute Gasteiger partial charge is 0.0579 e. The first-order chi connectivity index (χ1) is 9.72. The van der Waals surface area contributed by atoms with Crippen LogP contribution in [0.5, 0.6) is 0 Å². The Labute approximate surface area is 130 Å². The Balaban J connectivity index is 1.78. The van der Waals surface area contributed by atoms with Gasteiger partial charge in [0.15, 0.2) is 0 Å². The van der Waals surface area contributed by atoms with E-state index in [9.17, 15) is 5.11 Å². The lowest BCUT2D eigenvalue weighted by Gasteiger charge is -2.41. The summed E-state index contributed by atoms with van der Waals surface area (Å²) in [4.78, 5) is 0. The standard InChI is InChI=1S/C20H34O/c1-12-6-7-13(2)20(12)11-15(21)16-14(20)10-19(5)9-8-18(3,4)17(16)19/h12-17,21H,6-11H2,1-5H3/t12-,13+,14-,15-,16+,17-,19-,20?/m1/s1. The second-order valence-corrected chi connectivity index (χ2v) is 10.3. The summed E-state index contributed by atoms with van der Waals surface area (Å²) < 4.78 is 0. The van der Waals surface area contributed by atoms with Crippen molar-refractivity contribution in [2.75, 3.05) is 0 Å². The predicted molar refractivity (Wildman–Crippen MR) is 86.8 cm³/mol. The molecule has 120 valence electrons. The molecule has 0 saturated heterocycles. The van der Waals surface area contributed by atoms with Gasteiger partial charge in [-0.2, -0.15) is 0 Å². The van der Waals surface area contributed by atoms with Crippen molar-refractivity contribution < 1.29 is 5.11 Å². The van der Waals surface area contributed by atoms with Crippen LogP contribution in [-0.2, 0) is 0 Å². The maximum atomic E-state index is 11.1. The van der Waals surface area contributed by atoms with Crippen LogP contribution in [0.2, 0.25) is 0 Å². The molecule has 1 unspecified atom stereocenters. The molecule has 4 aliphatic rings. The fourth-order valence-corrected chi connectivity index (χ4v) is 8.29. The Bertz CT molecular complexity index is 443. The lowest BCUT2D eigenvalue weighted by atomic mass is 9.64. The number of fused-ring (bicyclic) bond motifs is 4. The normalized spacial score (nSPS) is 61.4. The summed E-state index contributed by atoms with van der Waals surface area (Å²) in [6.07, 6.45) is 8.02. The summed E-state index contributed by atoms with van der Waals surface area (Å²) in [5.41, 5.74) is 1.41. The fourth-order valence-electron chi connectivity index (χ4n) is 8.29. The van der Waals surface area contributed by atoms with Crippen LogP contribution in [0.4, 0.5) is 0 Å². The zero-order valence-electron chi connectivity index (χ0n) is 14.7. The van der Waals surface area contributed by atoms with E-state index < -0.39 is 0 Å². The first-order valence-electron chi connectivity index (χ1n) is 9.40. The second kappa shape index (κ2) is 4.08. The van der Waals surface area contributed by atoms with Gasteiger partial charge in [-0.1, -0.05) is 34.6 Å². The first kappa shape index (κ1) is 14.5. The van der Waals surface area contributed by atoms with E-state index >= 15 is 0 Å². The molecule has 1 N–H and O–H groups in total. The van der Waals surface area contributed by atoms with Crippen LogP contribution in [0, 0.1) is 45.8 Å². The monoisotopic (exact) mass is 290 g/mol. The summed E-state index contributed by atoms with van der Waals surface area (Å²) in [6, 6.07) is 0. The van der Waals surface area contributed by atoms with Crippen molar-refractivity contribution in [3.05, 3.63) is 0 Å². The summed E-state index contributed by atoms with van der Waals surface area (Å²) in [6.45, 7) is 12.5. The molecule has 0 aromatic rings. The van der Waals surface area contributed by atoms with Gasteiger partial charge in [0, 0.05) is 0 Å². The van der Waals surface area contributed by atoms with Crippen LogP contribution >= 0.6 is 0 Å². The zero-order chi connectivity index (χ0) is 15.2. The maximum absolute atomic E-state index is 11.1. The first-order valence-corrected chi connectivity index (χ1v) is 9.40. The average Bonchev–Trinajstić information content (AvgIpc) is 3.01. The van der Waals surface area contributed by atoms with Crippen molar-refractivity contribution in [2.24, 2.45) is 45.8 Å². The van der Waals surface area contributed by atoms with Gasteiger partial charge in [0.05, 0.1) is 6.10 Å². The summed E-state index contributed by atoms with van der Waals surface area (Å²) >= 11 is 0. The molecule has 8 atom stereocenters. The Morgan fingerprint density at radius 3 is 2.14 bits per heavy atom. The highest BCUT2D eigenvalue weighted by Gasteiger charge is 2.70. The van der Waals surface area contributed by atoms with Crippen molar-refractivity contribution >= 4 is 0 Å². The van der Waals surface area contributed by atoms with Gasteiger partial charge in [0.1, 0.15) is 0 Å². The Morgan fingerprint density at radius 2 is 1.52 bits per heavy atom. The Kier molecular flexibility index (Phi) is 2.82. The molecule has 4 rings (SSSR count). The molecule has 0 heterocycles. The minimum atomic E-state index is -0.0257. The average molecular weight is 290 g/mol. The second-order valence-electron chi connectivity index (χ2n) is 10.3. The minimum Gasteiger partial charge on any atom is -0.393 e. The van der Waals surface area contributed by atoms with Crippen molar-refractivity contribution in [1.82, 2.24) is 0 Å². The van der Waals surface area contributed by atoms with E-state index in [1.54, 1.807) is 0 Å². The van der Waals surface area contributed by atoms with E-state index in [0.29, 0.717) is 22.2 Å². The number of aliphatic hydroxyl groups is 1. The summed E-state index contributed by atoms with van der Waals surface area (Å²) in [7, 11) is 0. The molecule has 0 amide bonds. The third-order valence-electron chi connectivity index (χ3n) is 9.03. The lowest BCUT2D eigenvalue weighted by molar-refractivity contribution is 0.0375. The molecule has 0 radical (unpaired) electrons. The quantitative estimate of drug-likeness (QED) is 0.674. The maximum Gasteiger partial charge on any atom is 0.0579 e. The van der Waals surface area contributed by atoms with Crippen LogP contribution < -0.4 is 0 Å². The van der Waals surface area contributed by atoms with E-state index in [-0.39, 0.29) is 6.10 Å². The third kappa shape index (κ3) is 1.57. The fraction of sp³-hybridized carbons (Fsp3) is 1.00. The summed E-state index contributed by atoms with van der Waals surface area (Å²) in [5, 5.41) is 11.1. The van der Waals surface area contributed by atoms with E-state index in [1.165, 1.54) is 32.1 Å². The number of hydrogen-bond acceptors (Lipinski definition) is 1. The highest BCUT2D eigenvalue weighted by molar-refractivity contribution is 5.19. The van der Waals surface area contributed by atoms with Gasteiger partial charge in [-0.15, -0.1) is 0 Å². The molecule has 1 nitrogen and oxygen atoms in total. The molecule has 0 aliphatic heterocycles. The Hall–Kier alpha value is -0.0400. The van der Waals surface area contributed by atoms with E-state index in [0.717, 1.165) is 30.1 Å². The van der Waals surface area contributed by atoms with Gasteiger partial charge in [-0.05, 0) is 84.4 Å². The van der Waals surface area contributed by atoms with E-state index in [4.69, 9.17) is 0 Å². The van der Waals surface area contributed by atoms with Gasteiger partial charge in [0.25, 0.3) is 0 Å². The van der Waals surface area contributed by atoms with E-state index in [1.807, 2.05) is 0 Å². The van der Waals surface area contributed by atoms with Gasteiger partial charge >= 0.3 is 0 Å². The third-order valence-corrected chi connectivity index (χ3v) is 9.03. The van der Waals surface area contributed by atoms with Crippen molar-refractivity contribution in [1.29, 1.82) is 0 Å². The molecule has 0 aromatic heterocycles. The highest BCUT2D eigenvalue weighted by atomic mass is 16.3. The predicted octanol–water partition coefficient (Wildman–Crippen LogP) is 4.88. The number of rotatable bonds is 0. The Morgan fingerprint density at radius 1 is 0.905 bits per heavy atom. The molecule has 4 aliphatic carbocycles. The minimum absolute atomic E-state index is 0.0257. The molecule has 4 saturated carbocycles. The van der Waals surface area contributed by atoms with Crippen LogP contribution in [0.1, 0.15) is 73.1 Å². The molecule has 21 heavy (non-hydrogen) atoms. The van der Waals surface area contributed by atoms with Crippen molar-refractivity contribution in [3.63, 3.8) is 0 Å². The molecular weight excluding hydrogens is 256 g/mol. The molecular formula is C20H34O. The summed E-state index contributed by atoms with van der Waals surface area (Å²) in [5.74, 6) is 3.79. The van der Waals surface area contributed by atoms with Crippen molar-refractivity contribution in [3.8, 4) is 0 Å². The topological polar surface area (TPSA) is 20.2 Å². The van der Waals surface area contributed by atoms with Crippen LogP contribution in [-0.4, -0.2) is 11.2 Å². The molecule has 4 fully saturated rings. The SMILES string of the molecule is C[C@@H]1CC[C@H](C)C12C[C@@H](O)[C@@H]1[C@H]2C[C@@]2(C)CCC(C)(C)[C@@H]12. The largest absolute Gasteiger partial charge is 0.393 e. The molecule has 1 spiro atoms. The van der Waals surface area contributed by atoms with Gasteiger partial charge in [-0.25, -0.2) is 0 Å². The lowest BCUT2D eigenvalue weighted by Crippen LogP contribution is -2.35. The molecule has 0 aromatic carbocycles. The van der Waals surface area contributed by atoms with Gasteiger partial charge < -0.3 is 5.11 Å². The number of hydrogen-bond donors (Lipinski definition) is 1.